The molecular weight excluding hydrogens is 337 g/mol. The highest BCUT2D eigenvalue weighted by molar-refractivity contribution is 6.06. The molecule has 0 aliphatic rings. The van der Waals surface area contributed by atoms with E-state index in [0.717, 1.165) is 6.07 Å². The van der Waals surface area contributed by atoms with Gasteiger partial charge in [0.25, 0.3) is 5.91 Å². The molecule has 0 atom stereocenters. The standard InChI is InChI=1S/C15H13F3N2O3.C2H6/c1-2-23-13(21)8-19-14(22)10-4-3-5-11-9(10)6-7-12(20-11)15(16,17)18;1-2/h3-7H,2,8H2,1H3,(H,19,22);1-2H3. The fraction of sp³-hybridized carbons (Fsp3) is 0.353. The molecule has 1 amide bonds. The zero-order valence-corrected chi connectivity index (χ0v) is 14.1. The molecule has 1 aromatic carbocycles. The molecule has 8 heteroatoms. The van der Waals surface area contributed by atoms with Crippen LogP contribution < -0.4 is 5.32 Å². The van der Waals surface area contributed by atoms with Crippen LogP contribution in [0.1, 0.15) is 36.8 Å². The van der Waals surface area contributed by atoms with Crippen molar-refractivity contribution in [2.24, 2.45) is 0 Å². The van der Waals surface area contributed by atoms with Crippen molar-refractivity contribution in [1.82, 2.24) is 10.3 Å². The number of alkyl halides is 3. The minimum Gasteiger partial charge on any atom is -0.465 e. The number of benzene rings is 1. The Morgan fingerprint density at radius 1 is 1.16 bits per heavy atom. The summed E-state index contributed by atoms with van der Waals surface area (Å²) >= 11 is 0. The van der Waals surface area contributed by atoms with E-state index in [1.165, 1.54) is 24.3 Å². The lowest BCUT2D eigenvalue weighted by atomic mass is 10.1. The molecule has 0 aliphatic carbocycles. The number of hydrogen-bond donors (Lipinski definition) is 1. The van der Waals surface area contributed by atoms with E-state index in [0.29, 0.717) is 0 Å². The van der Waals surface area contributed by atoms with Crippen molar-refractivity contribution in [3.8, 4) is 0 Å². The van der Waals surface area contributed by atoms with Crippen LogP contribution in [0.4, 0.5) is 13.2 Å². The summed E-state index contributed by atoms with van der Waals surface area (Å²) in [6.45, 7) is 5.50. The van der Waals surface area contributed by atoms with Crippen molar-refractivity contribution in [1.29, 1.82) is 0 Å². The molecule has 5 nitrogen and oxygen atoms in total. The normalized spacial score (nSPS) is 10.6. The number of carbonyl (C=O) groups is 2. The number of halogens is 3. The minimum atomic E-state index is -4.56. The van der Waals surface area contributed by atoms with Crippen molar-refractivity contribution >= 4 is 22.8 Å². The maximum atomic E-state index is 12.7. The average Bonchev–Trinajstić information content (AvgIpc) is 2.60. The Balaban J connectivity index is 0.00000151. The van der Waals surface area contributed by atoms with Crippen LogP contribution in [0, 0.1) is 0 Å². The molecule has 1 N–H and O–H groups in total. The van der Waals surface area contributed by atoms with E-state index in [1.54, 1.807) is 6.92 Å². The average molecular weight is 356 g/mol. The Morgan fingerprint density at radius 2 is 1.84 bits per heavy atom. The largest absolute Gasteiger partial charge is 0.465 e. The summed E-state index contributed by atoms with van der Waals surface area (Å²) in [5.41, 5.74) is -0.856. The first-order valence-corrected chi connectivity index (χ1v) is 7.73. The number of carbonyl (C=O) groups excluding carboxylic acids is 2. The Morgan fingerprint density at radius 3 is 2.44 bits per heavy atom. The van der Waals surface area contributed by atoms with Gasteiger partial charge in [-0.25, -0.2) is 4.98 Å². The quantitative estimate of drug-likeness (QED) is 0.851. The maximum absolute atomic E-state index is 12.7. The van der Waals surface area contributed by atoms with Gasteiger partial charge >= 0.3 is 12.1 Å². The number of nitrogens with one attached hydrogen (secondary N) is 1. The fourth-order valence-electron chi connectivity index (χ4n) is 1.97. The molecule has 0 aliphatic heterocycles. The third kappa shape index (κ3) is 5.44. The van der Waals surface area contributed by atoms with E-state index >= 15 is 0 Å². The summed E-state index contributed by atoms with van der Waals surface area (Å²) in [5.74, 6) is -1.19. The fourth-order valence-corrected chi connectivity index (χ4v) is 1.97. The van der Waals surface area contributed by atoms with E-state index in [2.05, 4.69) is 15.0 Å². The van der Waals surface area contributed by atoms with Gasteiger partial charge in [0.2, 0.25) is 0 Å². The minimum absolute atomic E-state index is 0.0450. The number of esters is 1. The van der Waals surface area contributed by atoms with Crippen LogP contribution in [0.15, 0.2) is 30.3 Å². The first kappa shape index (κ1) is 20.4. The number of ether oxygens (including phenoxy) is 1. The van der Waals surface area contributed by atoms with E-state index in [1.807, 2.05) is 13.8 Å². The van der Waals surface area contributed by atoms with Crippen LogP contribution in [-0.4, -0.2) is 30.0 Å². The number of aromatic nitrogens is 1. The number of hydrogen-bond acceptors (Lipinski definition) is 4. The van der Waals surface area contributed by atoms with Crippen LogP contribution >= 0.6 is 0 Å². The highest BCUT2D eigenvalue weighted by Gasteiger charge is 2.32. The van der Waals surface area contributed by atoms with E-state index < -0.39 is 23.7 Å². The predicted molar refractivity (Wildman–Crippen MR) is 87.1 cm³/mol. The van der Waals surface area contributed by atoms with Crippen molar-refractivity contribution in [3.63, 3.8) is 0 Å². The summed E-state index contributed by atoms with van der Waals surface area (Å²) in [6, 6.07) is 6.24. The van der Waals surface area contributed by atoms with Gasteiger partial charge in [-0.1, -0.05) is 19.9 Å². The number of fused-ring (bicyclic) bond motifs is 1. The summed E-state index contributed by atoms with van der Waals surface area (Å²) < 4.78 is 42.7. The van der Waals surface area contributed by atoms with Crippen LogP contribution in [0.25, 0.3) is 10.9 Å². The molecule has 0 bridgehead atoms. The van der Waals surface area contributed by atoms with Gasteiger partial charge in [0.1, 0.15) is 12.2 Å². The molecule has 0 saturated heterocycles. The number of nitrogens with zero attached hydrogens (tertiary/aromatic N) is 1. The number of pyridine rings is 1. The first-order valence-electron chi connectivity index (χ1n) is 7.73. The van der Waals surface area contributed by atoms with Crippen molar-refractivity contribution in [2.75, 3.05) is 13.2 Å². The molecule has 0 saturated carbocycles. The van der Waals surface area contributed by atoms with Gasteiger partial charge in [0.05, 0.1) is 12.1 Å². The lowest BCUT2D eigenvalue weighted by Crippen LogP contribution is -2.30. The number of rotatable bonds is 4. The van der Waals surface area contributed by atoms with Gasteiger partial charge in [0.15, 0.2) is 0 Å². The molecule has 1 heterocycles. The highest BCUT2D eigenvalue weighted by Crippen LogP contribution is 2.29. The molecule has 136 valence electrons. The monoisotopic (exact) mass is 356 g/mol. The Hall–Kier alpha value is -2.64. The van der Waals surface area contributed by atoms with E-state index in [9.17, 15) is 22.8 Å². The zero-order chi connectivity index (χ0) is 19.0. The molecule has 0 unspecified atom stereocenters. The van der Waals surface area contributed by atoms with E-state index in [4.69, 9.17) is 0 Å². The van der Waals surface area contributed by atoms with Crippen LogP contribution in [0.5, 0.6) is 0 Å². The lowest BCUT2D eigenvalue weighted by molar-refractivity contribution is -0.142. The van der Waals surface area contributed by atoms with Crippen LogP contribution in [0.2, 0.25) is 0 Å². The van der Waals surface area contributed by atoms with Gasteiger partial charge in [0, 0.05) is 10.9 Å². The summed E-state index contributed by atoms with van der Waals surface area (Å²) in [5, 5.41) is 2.62. The second-order valence-corrected chi connectivity index (χ2v) is 4.55. The van der Waals surface area contributed by atoms with Gasteiger partial charge in [-0.05, 0) is 31.2 Å². The molecule has 2 rings (SSSR count). The van der Waals surface area contributed by atoms with Gasteiger partial charge in [-0.2, -0.15) is 13.2 Å². The van der Waals surface area contributed by atoms with Crippen molar-refractivity contribution < 1.29 is 27.5 Å². The van der Waals surface area contributed by atoms with Gasteiger partial charge in [-0.3, -0.25) is 9.59 Å². The lowest BCUT2D eigenvalue weighted by Gasteiger charge is -2.10. The summed E-state index contributed by atoms with van der Waals surface area (Å²) in [7, 11) is 0. The van der Waals surface area contributed by atoms with E-state index in [-0.39, 0.29) is 29.6 Å². The smallest absolute Gasteiger partial charge is 0.433 e. The van der Waals surface area contributed by atoms with Gasteiger partial charge in [-0.15, -0.1) is 0 Å². The molecule has 1 aromatic heterocycles. The second kappa shape index (κ2) is 9.00. The molecular formula is C17H19F3N2O3. The molecule has 25 heavy (non-hydrogen) atoms. The third-order valence-corrected chi connectivity index (χ3v) is 2.97. The van der Waals surface area contributed by atoms with Gasteiger partial charge < -0.3 is 10.1 Å². The summed E-state index contributed by atoms with van der Waals surface area (Å²) in [4.78, 5) is 26.8. The second-order valence-electron chi connectivity index (χ2n) is 4.55. The molecule has 0 spiro atoms. The first-order chi connectivity index (χ1) is 11.8. The molecule has 2 aromatic rings. The highest BCUT2D eigenvalue weighted by atomic mass is 19.4. The Labute approximate surface area is 143 Å². The zero-order valence-electron chi connectivity index (χ0n) is 14.1. The van der Waals surface area contributed by atoms with Crippen molar-refractivity contribution in [2.45, 2.75) is 26.9 Å². The predicted octanol–water partition coefficient (Wildman–Crippen LogP) is 3.57. The van der Waals surface area contributed by atoms with Crippen LogP contribution in [0.3, 0.4) is 0 Å². The van der Waals surface area contributed by atoms with Crippen molar-refractivity contribution in [3.05, 3.63) is 41.6 Å². The third-order valence-electron chi connectivity index (χ3n) is 2.97. The number of amides is 1. The Kier molecular flexibility index (Phi) is 7.35. The molecule has 0 fully saturated rings. The Bertz CT molecular complexity index is 745. The maximum Gasteiger partial charge on any atom is 0.433 e. The SMILES string of the molecule is CC.CCOC(=O)CNC(=O)c1cccc2nc(C(F)(F)F)ccc12. The summed E-state index contributed by atoms with van der Waals surface area (Å²) in [6.07, 6.45) is -4.56. The molecule has 0 radical (unpaired) electrons. The van der Waals surface area contributed by atoms with Crippen LogP contribution in [-0.2, 0) is 15.7 Å². The topological polar surface area (TPSA) is 68.3 Å².